The average Bonchev–Trinajstić information content (AvgIpc) is 2.73. The summed E-state index contributed by atoms with van der Waals surface area (Å²) in [7, 11) is 1.67. The summed E-state index contributed by atoms with van der Waals surface area (Å²) in [6, 6.07) is 17.1. The summed E-state index contributed by atoms with van der Waals surface area (Å²) >= 11 is 5.88. The van der Waals surface area contributed by atoms with Crippen LogP contribution in [0.15, 0.2) is 67.0 Å². The maximum absolute atomic E-state index is 12.4. The molecule has 0 atom stereocenters. The van der Waals surface area contributed by atoms with Crippen molar-refractivity contribution < 1.29 is 9.53 Å². The molecule has 1 amide bonds. The molecule has 6 heteroatoms. The molecule has 1 heterocycles. The van der Waals surface area contributed by atoms with Crippen LogP contribution in [0.4, 0.5) is 5.69 Å². The van der Waals surface area contributed by atoms with E-state index in [9.17, 15) is 4.79 Å². The lowest BCUT2D eigenvalue weighted by atomic mass is 10.1. The third kappa shape index (κ3) is 5.47. The second-order valence-electron chi connectivity index (χ2n) is 6.26. The predicted molar refractivity (Wildman–Crippen MR) is 112 cm³/mol. The summed E-state index contributed by atoms with van der Waals surface area (Å²) in [5.41, 5.74) is 3.42. The van der Waals surface area contributed by atoms with Crippen LogP contribution < -0.4 is 15.4 Å². The molecule has 0 saturated carbocycles. The number of ether oxygens (including phenoxy) is 1. The zero-order valence-electron chi connectivity index (χ0n) is 15.6. The summed E-state index contributed by atoms with van der Waals surface area (Å²) in [4.78, 5) is 16.6. The number of amides is 1. The molecule has 0 bridgehead atoms. The van der Waals surface area contributed by atoms with Crippen molar-refractivity contribution in [1.82, 2.24) is 10.3 Å². The molecule has 28 heavy (non-hydrogen) atoms. The minimum atomic E-state index is -0.171. The number of rotatable bonds is 8. The third-order valence-corrected chi connectivity index (χ3v) is 4.53. The molecule has 0 aliphatic rings. The van der Waals surface area contributed by atoms with E-state index in [1.807, 2.05) is 36.4 Å². The van der Waals surface area contributed by atoms with Crippen LogP contribution in [0.3, 0.4) is 0 Å². The number of aromatic nitrogens is 1. The fourth-order valence-electron chi connectivity index (χ4n) is 2.80. The highest BCUT2D eigenvalue weighted by Gasteiger charge is 2.07. The molecular weight excluding hydrogens is 374 g/mol. The minimum Gasteiger partial charge on any atom is -0.496 e. The summed E-state index contributed by atoms with van der Waals surface area (Å²) in [5, 5.41) is 6.87. The number of anilines is 1. The van der Waals surface area contributed by atoms with Crippen LogP contribution in [0, 0.1) is 0 Å². The molecular formula is C22H22ClN3O2. The number of hydrogen-bond donors (Lipinski definition) is 2. The van der Waals surface area contributed by atoms with Crippen LogP contribution in [-0.4, -0.2) is 24.5 Å². The van der Waals surface area contributed by atoms with Crippen molar-refractivity contribution in [2.24, 2.45) is 0 Å². The zero-order chi connectivity index (χ0) is 19.8. The molecule has 0 fully saturated rings. The lowest BCUT2D eigenvalue weighted by molar-refractivity contribution is 0.0950. The first-order chi connectivity index (χ1) is 13.7. The van der Waals surface area contributed by atoms with Gasteiger partial charge in [0.05, 0.1) is 18.4 Å². The fourth-order valence-corrected chi connectivity index (χ4v) is 2.92. The second-order valence-corrected chi connectivity index (χ2v) is 6.70. The van der Waals surface area contributed by atoms with E-state index in [0.717, 1.165) is 29.0 Å². The summed E-state index contributed by atoms with van der Waals surface area (Å²) in [6.45, 7) is 1.14. The van der Waals surface area contributed by atoms with Crippen LogP contribution in [-0.2, 0) is 13.0 Å². The number of pyridine rings is 1. The Morgan fingerprint density at radius 1 is 1.11 bits per heavy atom. The van der Waals surface area contributed by atoms with E-state index in [0.29, 0.717) is 23.7 Å². The average molecular weight is 396 g/mol. The van der Waals surface area contributed by atoms with Crippen LogP contribution in [0.5, 0.6) is 5.75 Å². The third-order valence-electron chi connectivity index (χ3n) is 4.28. The molecule has 2 aromatic carbocycles. The van der Waals surface area contributed by atoms with E-state index in [2.05, 4.69) is 15.6 Å². The maximum atomic E-state index is 12.4. The predicted octanol–water partition coefficient (Wildman–Crippen LogP) is 4.33. The zero-order valence-corrected chi connectivity index (χ0v) is 16.4. The Kier molecular flexibility index (Phi) is 6.87. The lowest BCUT2D eigenvalue weighted by Crippen LogP contribution is -2.23. The van der Waals surface area contributed by atoms with Gasteiger partial charge in [0, 0.05) is 30.5 Å². The number of nitrogens with zero attached hydrogens (tertiary/aromatic N) is 1. The number of hydrogen-bond acceptors (Lipinski definition) is 4. The van der Waals surface area contributed by atoms with E-state index in [4.69, 9.17) is 16.3 Å². The lowest BCUT2D eigenvalue weighted by Gasteiger charge is -2.11. The molecule has 0 radical (unpaired) electrons. The van der Waals surface area contributed by atoms with Gasteiger partial charge in [-0.1, -0.05) is 41.9 Å². The highest BCUT2D eigenvalue weighted by atomic mass is 35.5. The minimum absolute atomic E-state index is 0.171. The molecule has 0 saturated heterocycles. The number of para-hydroxylation sites is 1. The molecule has 0 unspecified atom stereocenters. The highest BCUT2D eigenvalue weighted by Crippen LogP contribution is 2.18. The monoisotopic (exact) mass is 395 g/mol. The van der Waals surface area contributed by atoms with Crippen molar-refractivity contribution >= 4 is 23.2 Å². The molecule has 144 valence electrons. The number of benzene rings is 2. The van der Waals surface area contributed by atoms with E-state index in [1.54, 1.807) is 37.7 Å². The second kappa shape index (κ2) is 9.76. The molecule has 0 spiro atoms. The first-order valence-electron chi connectivity index (χ1n) is 8.99. The van der Waals surface area contributed by atoms with Crippen molar-refractivity contribution in [3.63, 3.8) is 0 Å². The maximum Gasteiger partial charge on any atom is 0.253 e. The van der Waals surface area contributed by atoms with Crippen molar-refractivity contribution in [1.29, 1.82) is 0 Å². The van der Waals surface area contributed by atoms with Crippen LogP contribution in [0.2, 0.25) is 5.02 Å². The van der Waals surface area contributed by atoms with E-state index >= 15 is 0 Å². The van der Waals surface area contributed by atoms with Crippen molar-refractivity contribution in [2.45, 2.75) is 13.0 Å². The number of halogens is 1. The van der Waals surface area contributed by atoms with Gasteiger partial charge >= 0.3 is 0 Å². The number of carbonyl (C=O) groups is 1. The molecule has 0 aliphatic carbocycles. The van der Waals surface area contributed by atoms with Gasteiger partial charge in [-0.05, 0) is 41.8 Å². The molecule has 5 nitrogen and oxygen atoms in total. The van der Waals surface area contributed by atoms with Gasteiger partial charge in [-0.3, -0.25) is 9.78 Å². The largest absolute Gasteiger partial charge is 0.496 e. The quantitative estimate of drug-likeness (QED) is 0.596. The van der Waals surface area contributed by atoms with E-state index < -0.39 is 0 Å². The Hall–Kier alpha value is -3.05. The van der Waals surface area contributed by atoms with Gasteiger partial charge in [0.25, 0.3) is 5.91 Å². The van der Waals surface area contributed by atoms with Crippen LogP contribution >= 0.6 is 11.6 Å². The standard InChI is InChI=1S/C22H22ClN3O2/c1-28-21-5-3-2-4-17(21)10-11-25-20-12-18(14-24-15-20)22(27)26-13-16-6-8-19(23)9-7-16/h2-9,12,14-15,25H,10-11,13H2,1H3,(H,26,27). The Morgan fingerprint density at radius 3 is 2.68 bits per heavy atom. The molecule has 2 N–H and O–H groups in total. The highest BCUT2D eigenvalue weighted by molar-refractivity contribution is 6.30. The van der Waals surface area contributed by atoms with Crippen molar-refractivity contribution in [2.75, 3.05) is 19.0 Å². The Balaban J connectivity index is 1.54. The topological polar surface area (TPSA) is 63.2 Å². The Morgan fingerprint density at radius 2 is 1.89 bits per heavy atom. The first kappa shape index (κ1) is 19.7. The Labute approximate surface area is 169 Å². The van der Waals surface area contributed by atoms with Crippen LogP contribution in [0.1, 0.15) is 21.5 Å². The van der Waals surface area contributed by atoms with Gasteiger partial charge in [-0.25, -0.2) is 0 Å². The van der Waals surface area contributed by atoms with E-state index in [-0.39, 0.29) is 5.91 Å². The van der Waals surface area contributed by atoms with Gasteiger partial charge in [0.2, 0.25) is 0 Å². The summed E-state index contributed by atoms with van der Waals surface area (Å²) in [5.74, 6) is 0.702. The number of nitrogens with one attached hydrogen (secondary N) is 2. The normalized spacial score (nSPS) is 10.4. The van der Waals surface area contributed by atoms with Gasteiger partial charge < -0.3 is 15.4 Å². The van der Waals surface area contributed by atoms with Gasteiger partial charge in [0.15, 0.2) is 0 Å². The first-order valence-corrected chi connectivity index (χ1v) is 9.37. The number of methoxy groups -OCH3 is 1. The van der Waals surface area contributed by atoms with Crippen LogP contribution in [0.25, 0.3) is 0 Å². The number of carbonyl (C=O) groups excluding carboxylic acids is 1. The van der Waals surface area contributed by atoms with Gasteiger partial charge in [0.1, 0.15) is 5.75 Å². The molecule has 3 aromatic rings. The summed E-state index contributed by atoms with van der Waals surface area (Å²) in [6.07, 6.45) is 4.07. The molecule has 1 aromatic heterocycles. The fraction of sp³-hybridized carbons (Fsp3) is 0.182. The van der Waals surface area contributed by atoms with Gasteiger partial charge in [-0.15, -0.1) is 0 Å². The van der Waals surface area contributed by atoms with Crippen molar-refractivity contribution in [3.8, 4) is 5.75 Å². The molecule has 0 aliphatic heterocycles. The van der Waals surface area contributed by atoms with Gasteiger partial charge in [-0.2, -0.15) is 0 Å². The summed E-state index contributed by atoms with van der Waals surface area (Å²) < 4.78 is 5.37. The smallest absolute Gasteiger partial charge is 0.253 e. The SMILES string of the molecule is COc1ccccc1CCNc1cncc(C(=O)NCc2ccc(Cl)cc2)c1. The van der Waals surface area contributed by atoms with Crippen molar-refractivity contribution in [3.05, 3.63) is 88.7 Å². The molecule has 3 rings (SSSR count). The van der Waals surface area contributed by atoms with E-state index in [1.165, 1.54) is 0 Å². The Bertz CT molecular complexity index is 929.